The maximum absolute atomic E-state index is 13.3. The van der Waals surface area contributed by atoms with Gasteiger partial charge in [-0.15, -0.1) is 0 Å². The van der Waals surface area contributed by atoms with Crippen LogP contribution < -0.4 is 10.1 Å². The molecule has 3 heteroatoms. The van der Waals surface area contributed by atoms with Gasteiger partial charge in [-0.2, -0.15) is 0 Å². The van der Waals surface area contributed by atoms with E-state index in [1.165, 1.54) is 11.6 Å². The lowest BCUT2D eigenvalue weighted by atomic mass is 9.98. The van der Waals surface area contributed by atoms with E-state index in [4.69, 9.17) is 4.74 Å². The second kappa shape index (κ2) is 8.42. The first-order chi connectivity index (χ1) is 10.3. The molecule has 0 fully saturated rings. The average molecular weight is 287 g/mol. The van der Waals surface area contributed by atoms with Crippen molar-refractivity contribution in [1.29, 1.82) is 0 Å². The first-order valence-electron chi connectivity index (χ1n) is 7.40. The Morgan fingerprint density at radius 2 is 1.71 bits per heavy atom. The fraction of sp³-hybridized carbons (Fsp3) is 0.333. The molecule has 0 heterocycles. The van der Waals surface area contributed by atoms with Gasteiger partial charge in [-0.3, -0.25) is 0 Å². The summed E-state index contributed by atoms with van der Waals surface area (Å²) in [5.74, 6) is 0.540. The van der Waals surface area contributed by atoms with Gasteiger partial charge in [0.15, 0.2) is 11.6 Å². The molecule has 112 valence electrons. The summed E-state index contributed by atoms with van der Waals surface area (Å²) in [5, 5.41) is 3.33. The fourth-order valence-corrected chi connectivity index (χ4v) is 2.19. The van der Waals surface area contributed by atoms with Gasteiger partial charge in [-0.1, -0.05) is 49.4 Å². The zero-order valence-electron chi connectivity index (χ0n) is 12.4. The number of benzene rings is 2. The molecular weight excluding hydrogens is 265 g/mol. The third-order valence-corrected chi connectivity index (χ3v) is 3.50. The van der Waals surface area contributed by atoms with Crippen molar-refractivity contribution in [2.24, 2.45) is 0 Å². The molecule has 0 spiro atoms. The molecule has 2 aromatic rings. The highest BCUT2D eigenvalue weighted by atomic mass is 19.1. The van der Waals surface area contributed by atoms with Gasteiger partial charge < -0.3 is 10.1 Å². The van der Waals surface area contributed by atoms with Gasteiger partial charge in [-0.25, -0.2) is 4.39 Å². The molecule has 21 heavy (non-hydrogen) atoms. The van der Waals surface area contributed by atoms with Gasteiger partial charge in [-0.05, 0) is 36.6 Å². The lowest BCUT2D eigenvalue weighted by molar-refractivity contribution is 0.298. The van der Waals surface area contributed by atoms with Gasteiger partial charge in [0, 0.05) is 6.54 Å². The van der Waals surface area contributed by atoms with Gasteiger partial charge in [0.2, 0.25) is 0 Å². The Bertz CT molecular complexity index is 530. The van der Waals surface area contributed by atoms with Crippen LogP contribution in [0.5, 0.6) is 5.75 Å². The molecule has 0 saturated carbocycles. The number of rotatable bonds is 8. The van der Waals surface area contributed by atoms with Crippen LogP contribution in [-0.4, -0.2) is 19.7 Å². The molecule has 0 saturated heterocycles. The van der Waals surface area contributed by atoms with E-state index in [0.29, 0.717) is 18.3 Å². The first-order valence-corrected chi connectivity index (χ1v) is 7.40. The maximum Gasteiger partial charge on any atom is 0.165 e. The molecule has 0 aromatic heterocycles. The highest BCUT2D eigenvalue weighted by molar-refractivity contribution is 5.23. The average Bonchev–Trinajstić information content (AvgIpc) is 2.53. The molecule has 1 atom stereocenters. The number of nitrogens with one attached hydrogen (secondary N) is 1. The van der Waals surface area contributed by atoms with Crippen molar-refractivity contribution in [2.75, 3.05) is 19.7 Å². The van der Waals surface area contributed by atoms with E-state index in [1.807, 2.05) is 6.07 Å². The Morgan fingerprint density at radius 1 is 1.00 bits per heavy atom. The lowest BCUT2D eigenvalue weighted by Crippen LogP contribution is -2.23. The van der Waals surface area contributed by atoms with Gasteiger partial charge in [0.25, 0.3) is 0 Å². The third kappa shape index (κ3) is 5.20. The zero-order chi connectivity index (χ0) is 14.9. The van der Waals surface area contributed by atoms with E-state index in [2.05, 4.69) is 36.5 Å². The molecule has 1 unspecified atom stereocenters. The second-order valence-corrected chi connectivity index (χ2v) is 5.13. The van der Waals surface area contributed by atoms with Crippen molar-refractivity contribution in [1.82, 2.24) is 5.32 Å². The Labute approximate surface area is 126 Å². The minimum Gasteiger partial charge on any atom is -0.489 e. The molecule has 0 aliphatic carbocycles. The fourth-order valence-electron chi connectivity index (χ4n) is 2.19. The Balaban J connectivity index is 1.59. The zero-order valence-corrected chi connectivity index (χ0v) is 12.4. The van der Waals surface area contributed by atoms with Crippen LogP contribution >= 0.6 is 0 Å². The van der Waals surface area contributed by atoms with E-state index in [1.54, 1.807) is 18.2 Å². The molecule has 0 radical (unpaired) electrons. The van der Waals surface area contributed by atoms with Crippen LogP contribution in [0.4, 0.5) is 4.39 Å². The van der Waals surface area contributed by atoms with Gasteiger partial charge in [0.05, 0.1) is 0 Å². The molecule has 2 aromatic carbocycles. The predicted molar refractivity (Wildman–Crippen MR) is 84.2 cm³/mol. The van der Waals surface area contributed by atoms with Crippen LogP contribution in [0.25, 0.3) is 0 Å². The molecule has 0 aliphatic heterocycles. The van der Waals surface area contributed by atoms with Crippen molar-refractivity contribution in [3.8, 4) is 5.75 Å². The van der Waals surface area contributed by atoms with E-state index in [0.717, 1.165) is 19.5 Å². The topological polar surface area (TPSA) is 21.3 Å². The second-order valence-electron chi connectivity index (χ2n) is 5.13. The molecule has 0 amide bonds. The molecule has 1 N–H and O–H groups in total. The number of halogens is 1. The Kier molecular flexibility index (Phi) is 6.22. The first kappa shape index (κ1) is 15.5. The number of hydrogen-bond donors (Lipinski definition) is 1. The summed E-state index contributed by atoms with van der Waals surface area (Å²) in [6, 6.07) is 17.0. The summed E-state index contributed by atoms with van der Waals surface area (Å²) in [4.78, 5) is 0. The summed E-state index contributed by atoms with van der Waals surface area (Å²) in [6.07, 6.45) is 1.07. The molecule has 2 nitrogen and oxygen atoms in total. The molecule has 0 aliphatic rings. The van der Waals surface area contributed by atoms with Gasteiger partial charge in [0.1, 0.15) is 6.61 Å². The highest BCUT2D eigenvalue weighted by Gasteiger charge is 2.04. The summed E-state index contributed by atoms with van der Waals surface area (Å²) in [6.45, 7) is 4.35. The minimum absolute atomic E-state index is 0.310. The number of para-hydroxylation sites is 1. The molecular formula is C18H22FNO. The number of ether oxygens (including phenoxy) is 1. The summed E-state index contributed by atoms with van der Waals surface area (Å²) in [7, 11) is 0. The SMILES string of the molecule is CC(CCNCCOc1ccccc1F)c1ccccc1. The third-order valence-electron chi connectivity index (χ3n) is 3.50. The quantitative estimate of drug-likeness (QED) is 0.741. The van der Waals surface area contributed by atoms with Crippen molar-refractivity contribution >= 4 is 0 Å². The normalized spacial score (nSPS) is 12.1. The summed E-state index contributed by atoms with van der Waals surface area (Å²) >= 11 is 0. The van der Waals surface area contributed by atoms with Crippen LogP contribution in [0.3, 0.4) is 0 Å². The van der Waals surface area contributed by atoms with Crippen molar-refractivity contribution < 1.29 is 9.13 Å². The van der Waals surface area contributed by atoms with E-state index in [-0.39, 0.29) is 5.82 Å². The van der Waals surface area contributed by atoms with Crippen LogP contribution in [-0.2, 0) is 0 Å². The molecule has 2 rings (SSSR count). The Hall–Kier alpha value is -1.87. The monoisotopic (exact) mass is 287 g/mol. The van der Waals surface area contributed by atoms with Crippen LogP contribution in [0, 0.1) is 5.82 Å². The van der Waals surface area contributed by atoms with Crippen LogP contribution in [0.1, 0.15) is 24.8 Å². The number of hydrogen-bond acceptors (Lipinski definition) is 2. The standard InChI is InChI=1S/C18H22FNO/c1-15(16-7-3-2-4-8-16)11-12-20-13-14-21-18-10-6-5-9-17(18)19/h2-10,15,20H,11-14H2,1H3. The largest absolute Gasteiger partial charge is 0.489 e. The van der Waals surface area contributed by atoms with Crippen LogP contribution in [0.15, 0.2) is 54.6 Å². The van der Waals surface area contributed by atoms with Crippen molar-refractivity contribution in [2.45, 2.75) is 19.3 Å². The smallest absolute Gasteiger partial charge is 0.165 e. The predicted octanol–water partition coefficient (Wildman–Crippen LogP) is 3.99. The van der Waals surface area contributed by atoms with E-state index >= 15 is 0 Å². The van der Waals surface area contributed by atoms with Crippen molar-refractivity contribution in [3.63, 3.8) is 0 Å². The van der Waals surface area contributed by atoms with E-state index in [9.17, 15) is 4.39 Å². The highest BCUT2D eigenvalue weighted by Crippen LogP contribution is 2.17. The Morgan fingerprint density at radius 3 is 2.48 bits per heavy atom. The van der Waals surface area contributed by atoms with Crippen molar-refractivity contribution in [3.05, 3.63) is 66.0 Å². The van der Waals surface area contributed by atoms with Gasteiger partial charge >= 0.3 is 0 Å². The lowest BCUT2D eigenvalue weighted by Gasteiger charge is -2.12. The molecule has 0 bridgehead atoms. The minimum atomic E-state index is -0.310. The van der Waals surface area contributed by atoms with Crippen LogP contribution in [0.2, 0.25) is 0 Å². The van der Waals surface area contributed by atoms with E-state index < -0.39 is 0 Å². The maximum atomic E-state index is 13.3. The summed E-state index contributed by atoms with van der Waals surface area (Å²) < 4.78 is 18.7. The summed E-state index contributed by atoms with van der Waals surface area (Å²) in [5.41, 5.74) is 1.36.